The van der Waals surface area contributed by atoms with Crippen molar-refractivity contribution in [3.63, 3.8) is 0 Å². The smallest absolute Gasteiger partial charge is 0.255 e. The van der Waals surface area contributed by atoms with Gasteiger partial charge in [0, 0.05) is 17.8 Å². The highest BCUT2D eigenvalue weighted by molar-refractivity contribution is 5.97. The molecule has 0 aliphatic carbocycles. The zero-order valence-corrected chi connectivity index (χ0v) is 10.8. The van der Waals surface area contributed by atoms with Gasteiger partial charge in [-0.1, -0.05) is 5.16 Å². The van der Waals surface area contributed by atoms with E-state index in [1.165, 1.54) is 7.11 Å². The molecule has 0 bridgehead atoms. The zero-order valence-electron chi connectivity index (χ0n) is 10.8. The van der Waals surface area contributed by atoms with Crippen LogP contribution in [0.3, 0.4) is 0 Å². The highest BCUT2D eigenvalue weighted by Crippen LogP contribution is 2.21. The van der Waals surface area contributed by atoms with E-state index in [-0.39, 0.29) is 12.5 Å². The van der Waals surface area contributed by atoms with E-state index in [1.807, 2.05) is 6.92 Å². The highest BCUT2D eigenvalue weighted by Gasteiger charge is 2.13. The van der Waals surface area contributed by atoms with Gasteiger partial charge in [-0.05, 0) is 19.1 Å². The molecule has 1 heterocycles. The Morgan fingerprint density at radius 3 is 2.89 bits per heavy atom. The molecule has 6 nitrogen and oxygen atoms in total. The first-order chi connectivity index (χ1) is 9.10. The molecule has 3 N–H and O–H groups in total. The third-order valence-corrected chi connectivity index (χ3v) is 2.57. The minimum atomic E-state index is -0.258. The summed E-state index contributed by atoms with van der Waals surface area (Å²) in [5.41, 5.74) is 7.37. The average molecular weight is 261 g/mol. The molecule has 1 aromatic carbocycles. The van der Waals surface area contributed by atoms with Gasteiger partial charge < -0.3 is 20.3 Å². The minimum absolute atomic E-state index is 0.258. The number of methoxy groups -OCH3 is 1. The van der Waals surface area contributed by atoms with Crippen LogP contribution in [0, 0.1) is 6.92 Å². The topological polar surface area (TPSA) is 90.4 Å². The van der Waals surface area contributed by atoms with Crippen molar-refractivity contribution >= 4 is 11.6 Å². The van der Waals surface area contributed by atoms with Crippen LogP contribution in [0.5, 0.6) is 5.75 Å². The van der Waals surface area contributed by atoms with E-state index in [0.29, 0.717) is 22.8 Å². The maximum absolute atomic E-state index is 12.0. The summed E-state index contributed by atoms with van der Waals surface area (Å²) in [4.78, 5) is 12.0. The number of carbonyl (C=O) groups excluding carboxylic acids is 1. The van der Waals surface area contributed by atoms with Gasteiger partial charge in [-0.2, -0.15) is 0 Å². The van der Waals surface area contributed by atoms with Crippen molar-refractivity contribution in [2.45, 2.75) is 13.5 Å². The fourth-order valence-corrected chi connectivity index (χ4v) is 1.66. The van der Waals surface area contributed by atoms with Crippen molar-refractivity contribution in [3.8, 4) is 5.75 Å². The average Bonchev–Trinajstić information content (AvgIpc) is 2.81. The number of nitrogens with zero attached hydrogens (tertiary/aromatic N) is 1. The highest BCUT2D eigenvalue weighted by atomic mass is 16.5. The lowest BCUT2D eigenvalue weighted by molar-refractivity contribution is 0.0944. The molecule has 0 aliphatic rings. The molecule has 2 rings (SSSR count). The Bertz CT molecular complexity index is 593. The number of rotatable bonds is 4. The lowest BCUT2D eigenvalue weighted by atomic mass is 10.1. The molecule has 2 aromatic rings. The summed E-state index contributed by atoms with van der Waals surface area (Å²) >= 11 is 0. The first-order valence-electron chi connectivity index (χ1n) is 5.74. The van der Waals surface area contributed by atoms with Gasteiger partial charge in [-0.3, -0.25) is 4.79 Å². The van der Waals surface area contributed by atoms with Crippen LogP contribution in [-0.2, 0) is 6.54 Å². The Balaban J connectivity index is 2.07. The Labute approximate surface area is 110 Å². The Morgan fingerprint density at radius 1 is 1.47 bits per heavy atom. The largest absolute Gasteiger partial charge is 0.496 e. The van der Waals surface area contributed by atoms with Gasteiger partial charge in [0.1, 0.15) is 5.75 Å². The predicted molar refractivity (Wildman–Crippen MR) is 69.8 cm³/mol. The molecular formula is C13H15N3O3. The van der Waals surface area contributed by atoms with E-state index in [9.17, 15) is 4.79 Å². The molecule has 0 unspecified atom stereocenters. The van der Waals surface area contributed by atoms with Gasteiger partial charge in [0.2, 0.25) is 0 Å². The first-order valence-corrected chi connectivity index (χ1v) is 5.74. The summed E-state index contributed by atoms with van der Waals surface area (Å²) in [6.45, 7) is 2.09. The molecule has 0 saturated heterocycles. The van der Waals surface area contributed by atoms with Crippen LogP contribution in [0.15, 0.2) is 28.8 Å². The predicted octanol–water partition coefficient (Wildman–Crippen LogP) is 1.50. The molecule has 0 atom stereocenters. The summed E-state index contributed by atoms with van der Waals surface area (Å²) in [5, 5.41) is 6.47. The summed E-state index contributed by atoms with van der Waals surface area (Å²) in [5.74, 6) is 0.775. The van der Waals surface area contributed by atoms with Gasteiger partial charge in [-0.15, -0.1) is 0 Å². The Kier molecular flexibility index (Phi) is 3.70. The van der Waals surface area contributed by atoms with Crippen LogP contribution in [0.4, 0.5) is 5.69 Å². The van der Waals surface area contributed by atoms with Gasteiger partial charge in [0.25, 0.3) is 5.91 Å². The maximum atomic E-state index is 12.0. The van der Waals surface area contributed by atoms with E-state index in [2.05, 4.69) is 10.5 Å². The van der Waals surface area contributed by atoms with Crippen molar-refractivity contribution in [1.82, 2.24) is 10.5 Å². The normalized spacial score (nSPS) is 10.2. The van der Waals surface area contributed by atoms with E-state index < -0.39 is 0 Å². The minimum Gasteiger partial charge on any atom is -0.496 e. The van der Waals surface area contributed by atoms with Gasteiger partial charge in [0.05, 0.1) is 24.9 Å². The number of nitrogens with two attached hydrogens (primary N) is 1. The molecule has 100 valence electrons. The standard InChI is InChI=1S/C13H15N3O3/c1-8-5-10(19-16-8)7-15-13(17)11-4-3-9(14)6-12(11)18-2/h3-6H,7,14H2,1-2H3,(H,15,17). The number of anilines is 1. The van der Waals surface area contributed by atoms with Crippen molar-refractivity contribution in [1.29, 1.82) is 0 Å². The number of ether oxygens (including phenoxy) is 1. The van der Waals surface area contributed by atoms with Crippen LogP contribution in [-0.4, -0.2) is 18.2 Å². The third kappa shape index (κ3) is 3.04. The van der Waals surface area contributed by atoms with Crippen LogP contribution < -0.4 is 15.8 Å². The van der Waals surface area contributed by atoms with Crippen molar-refractivity contribution < 1.29 is 14.1 Å². The summed E-state index contributed by atoms with van der Waals surface area (Å²) < 4.78 is 10.1. The fraction of sp³-hybridized carbons (Fsp3) is 0.231. The molecule has 1 aromatic heterocycles. The summed E-state index contributed by atoms with van der Waals surface area (Å²) in [6.07, 6.45) is 0. The maximum Gasteiger partial charge on any atom is 0.255 e. The molecule has 1 amide bonds. The Hall–Kier alpha value is -2.50. The Morgan fingerprint density at radius 2 is 2.26 bits per heavy atom. The van der Waals surface area contributed by atoms with Crippen LogP contribution in [0.2, 0.25) is 0 Å². The van der Waals surface area contributed by atoms with Crippen LogP contribution in [0.25, 0.3) is 0 Å². The fourth-order valence-electron chi connectivity index (χ4n) is 1.66. The van der Waals surface area contributed by atoms with Gasteiger partial charge in [0.15, 0.2) is 5.76 Å². The summed E-state index contributed by atoms with van der Waals surface area (Å²) in [6, 6.07) is 6.64. The van der Waals surface area contributed by atoms with Crippen molar-refractivity contribution in [2.24, 2.45) is 0 Å². The number of aromatic nitrogens is 1. The lowest BCUT2D eigenvalue weighted by Gasteiger charge is -2.09. The number of nitrogens with one attached hydrogen (secondary N) is 1. The number of hydrogen-bond acceptors (Lipinski definition) is 5. The number of amides is 1. The SMILES string of the molecule is COc1cc(N)ccc1C(=O)NCc1cc(C)no1. The molecule has 19 heavy (non-hydrogen) atoms. The number of nitrogen functional groups attached to an aromatic ring is 1. The lowest BCUT2D eigenvalue weighted by Crippen LogP contribution is -2.23. The zero-order chi connectivity index (χ0) is 13.8. The van der Waals surface area contributed by atoms with Crippen LogP contribution in [0.1, 0.15) is 21.8 Å². The number of carbonyl (C=O) groups is 1. The molecule has 6 heteroatoms. The second kappa shape index (κ2) is 5.43. The van der Waals surface area contributed by atoms with Gasteiger partial charge in [-0.25, -0.2) is 0 Å². The first kappa shape index (κ1) is 12.9. The molecule has 0 fully saturated rings. The number of aryl methyl sites for hydroxylation is 1. The second-order valence-electron chi connectivity index (χ2n) is 4.08. The third-order valence-electron chi connectivity index (χ3n) is 2.57. The molecule has 0 radical (unpaired) electrons. The monoisotopic (exact) mass is 261 g/mol. The van der Waals surface area contributed by atoms with Gasteiger partial charge >= 0.3 is 0 Å². The number of benzene rings is 1. The van der Waals surface area contributed by atoms with Crippen LogP contribution >= 0.6 is 0 Å². The van der Waals surface area contributed by atoms with Crippen molar-refractivity contribution in [3.05, 3.63) is 41.3 Å². The van der Waals surface area contributed by atoms with Crippen molar-refractivity contribution in [2.75, 3.05) is 12.8 Å². The molecule has 0 saturated carbocycles. The number of hydrogen-bond donors (Lipinski definition) is 2. The summed E-state index contributed by atoms with van der Waals surface area (Å²) in [7, 11) is 1.49. The molecule has 0 aliphatic heterocycles. The van der Waals surface area contributed by atoms with E-state index in [1.54, 1.807) is 24.3 Å². The van der Waals surface area contributed by atoms with E-state index in [0.717, 1.165) is 5.69 Å². The van der Waals surface area contributed by atoms with E-state index in [4.69, 9.17) is 15.0 Å². The quantitative estimate of drug-likeness (QED) is 0.814. The molecular weight excluding hydrogens is 246 g/mol. The second-order valence-corrected chi connectivity index (χ2v) is 4.08. The molecule has 0 spiro atoms. The van der Waals surface area contributed by atoms with E-state index >= 15 is 0 Å².